The molecule has 3 heterocycles. The summed E-state index contributed by atoms with van der Waals surface area (Å²) in [6, 6.07) is 9.36. The van der Waals surface area contributed by atoms with E-state index in [1.54, 1.807) is 24.5 Å². The molecule has 0 fully saturated rings. The number of aryl methyl sites for hydroxylation is 1. The third-order valence-corrected chi connectivity index (χ3v) is 4.85. The van der Waals surface area contributed by atoms with Gasteiger partial charge in [-0.05, 0) is 48.7 Å². The summed E-state index contributed by atoms with van der Waals surface area (Å²) in [5.74, 6) is 0.182. The monoisotopic (exact) mass is 365 g/mol. The normalized spacial score (nSPS) is 10.6. The van der Waals surface area contributed by atoms with Gasteiger partial charge in [-0.25, -0.2) is 9.83 Å². The summed E-state index contributed by atoms with van der Waals surface area (Å²) in [4.78, 5) is 15.2. The zero-order chi connectivity index (χ0) is 19.8. The number of nitrogens with zero attached hydrogens (tertiary/aromatic N) is 4. The summed E-state index contributed by atoms with van der Waals surface area (Å²) < 4.78 is 0. The van der Waals surface area contributed by atoms with Crippen molar-refractivity contribution in [1.29, 1.82) is 5.26 Å². The molecule has 0 unspecified atom stereocenters. The van der Waals surface area contributed by atoms with Gasteiger partial charge in [0.1, 0.15) is 17.5 Å². The van der Waals surface area contributed by atoms with Crippen LogP contribution in [0.1, 0.15) is 16.7 Å². The highest BCUT2D eigenvalue weighted by molar-refractivity contribution is 5.94. The fourth-order valence-corrected chi connectivity index (χ4v) is 3.43. The van der Waals surface area contributed by atoms with Crippen molar-refractivity contribution in [2.75, 3.05) is 0 Å². The minimum atomic E-state index is 0.182. The number of H-pyrrole nitrogens is 1. The van der Waals surface area contributed by atoms with E-state index in [4.69, 9.17) is 6.57 Å². The molecule has 0 saturated carbocycles. The molecule has 0 bridgehead atoms. The molecule has 4 aromatic rings. The Morgan fingerprint density at radius 2 is 2.00 bits per heavy atom. The molecule has 6 nitrogen and oxygen atoms in total. The number of hydrogen-bond donors (Lipinski definition) is 2. The molecule has 28 heavy (non-hydrogen) atoms. The Bertz CT molecular complexity index is 1320. The number of nitrogens with one attached hydrogen (secondary N) is 1. The van der Waals surface area contributed by atoms with E-state index in [1.807, 2.05) is 26.0 Å². The second-order valence-corrected chi connectivity index (χ2v) is 6.55. The molecule has 6 heteroatoms. The number of aromatic hydroxyl groups is 1. The number of aromatic nitrogens is 3. The molecular formula is C22H15N5O. The molecule has 0 atom stereocenters. The van der Waals surface area contributed by atoms with Gasteiger partial charge in [-0.15, -0.1) is 0 Å². The van der Waals surface area contributed by atoms with Gasteiger partial charge in [0.15, 0.2) is 0 Å². The van der Waals surface area contributed by atoms with Crippen LogP contribution in [0.4, 0.5) is 5.69 Å². The molecule has 0 aliphatic rings. The number of aromatic amines is 1. The van der Waals surface area contributed by atoms with Crippen LogP contribution in [-0.4, -0.2) is 20.1 Å². The SMILES string of the molecule is [C-]#[N+]c1cncc(-c2cc3c(C#N)c(-c4c(C)ccc(O)c4C)cnc3[nH]2)c1. The van der Waals surface area contributed by atoms with Gasteiger partial charge in [0, 0.05) is 40.8 Å². The highest BCUT2D eigenvalue weighted by Gasteiger charge is 2.18. The van der Waals surface area contributed by atoms with Crippen LogP contribution in [0.3, 0.4) is 0 Å². The maximum Gasteiger partial charge on any atom is 0.205 e. The van der Waals surface area contributed by atoms with Gasteiger partial charge in [-0.2, -0.15) is 5.26 Å². The summed E-state index contributed by atoms with van der Waals surface area (Å²) in [6.07, 6.45) is 4.82. The molecule has 4 rings (SSSR count). The number of phenolic OH excluding ortho intramolecular Hbond substituents is 1. The third-order valence-electron chi connectivity index (χ3n) is 4.85. The Hall–Kier alpha value is -4.16. The second kappa shape index (κ2) is 6.53. The third kappa shape index (κ3) is 2.65. The number of rotatable bonds is 2. The first-order chi connectivity index (χ1) is 13.5. The fraction of sp³-hybridized carbons (Fsp3) is 0.0909. The average molecular weight is 365 g/mol. The lowest BCUT2D eigenvalue weighted by atomic mass is 9.92. The van der Waals surface area contributed by atoms with Crippen LogP contribution < -0.4 is 0 Å². The quantitative estimate of drug-likeness (QED) is 0.487. The molecule has 0 aliphatic carbocycles. The number of nitriles is 1. The van der Waals surface area contributed by atoms with Crippen molar-refractivity contribution < 1.29 is 5.11 Å². The van der Waals surface area contributed by atoms with E-state index < -0.39 is 0 Å². The summed E-state index contributed by atoms with van der Waals surface area (Å²) >= 11 is 0. The predicted octanol–water partition coefficient (Wildman–Crippen LogP) is 5.04. The van der Waals surface area contributed by atoms with Gasteiger partial charge < -0.3 is 10.1 Å². The summed E-state index contributed by atoms with van der Waals surface area (Å²) in [7, 11) is 0. The van der Waals surface area contributed by atoms with E-state index in [9.17, 15) is 10.4 Å². The van der Waals surface area contributed by atoms with E-state index in [1.165, 1.54) is 6.20 Å². The molecule has 0 saturated heterocycles. The van der Waals surface area contributed by atoms with Crippen LogP contribution in [0.25, 0.3) is 38.3 Å². The average Bonchev–Trinajstić information content (AvgIpc) is 3.15. The summed E-state index contributed by atoms with van der Waals surface area (Å²) in [6.45, 7) is 10.9. The van der Waals surface area contributed by atoms with Crippen molar-refractivity contribution in [3.05, 3.63) is 71.0 Å². The number of phenols is 1. The maximum absolute atomic E-state index is 10.1. The highest BCUT2D eigenvalue weighted by atomic mass is 16.3. The molecule has 1 aromatic carbocycles. The maximum atomic E-state index is 10.1. The van der Waals surface area contributed by atoms with Crippen LogP contribution in [-0.2, 0) is 0 Å². The topological polar surface area (TPSA) is 89.9 Å². The van der Waals surface area contributed by atoms with E-state index in [0.29, 0.717) is 33.4 Å². The Labute approximate surface area is 161 Å². The van der Waals surface area contributed by atoms with Crippen molar-refractivity contribution >= 4 is 16.7 Å². The highest BCUT2D eigenvalue weighted by Crippen LogP contribution is 2.37. The molecule has 3 aromatic heterocycles. The van der Waals surface area contributed by atoms with E-state index in [-0.39, 0.29) is 5.75 Å². The number of hydrogen-bond acceptors (Lipinski definition) is 4. The van der Waals surface area contributed by atoms with Crippen molar-refractivity contribution in [2.24, 2.45) is 0 Å². The molecule has 0 spiro atoms. The fourth-order valence-electron chi connectivity index (χ4n) is 3.43. The van der Waals surface area contributed by atoms with Crippen LogP contribution in [0.2, 0.25) is 0 Å². The van der Waals surface area contributed by atoms with Crippen LogP contribution in [0.15, 0.2) is 42.9 Å². The van der Waals surface area contributed by atoms with Gasteiger partial charge >= 0.3 is 0 Å². The number of pyridine rings is 2. The first kappa shape index (κ1) is 17.3. The van der Waals surface area contributed by atoms with Crippen molar-refractivity contribution in [1.82, 2.24) is 15.0 Å². The zero-order valence-corrected chi connectivity index (χ0v) is 15.3. The molecular weight excluding hydrogens is 350 g/mol. The van der Waals surface area contributed by atoms with Crippen LogP contribution in [0.5, 0.6) is 5.75 Å². The van der Waals surface area contributed by atoms with Crippen LogP contribution >= 0.6 is 0 Å². The van der Waals surface area contributed by atoms with Crippen molar-refractivity contribution in [2.45, 2.75) is 13.8 Å². The lowest BCUT2D eigenvalue weighted by molar-refractivity contribution is 0.471. The first-order valence-corrected chi connectivity index (χ1v) is 8.57. The molecule has 134 valence electrons. The minimum Gasteiger partial charge on any atom is -0.508 e. The predicted molar refractivity (Wildman–Crippen MR) is 107 cm³/mol. The van der Waals surface area contributed by atoms with Gasteiger partial charge in [0.2, 0.25) is 5.69 Å². The standard InChI is InChI=1S/C22H15N5O/c1-12-4-5-20(28)13(2)21(12)18-11-26-22-16(17(18)8-23)7-19(27-22)14-6-15(24-3)10-25-9-14/h4-7,9-11,28H,1-2H3,(H,26,27). The van der Waals surface area contributed by atoms with Gasteiger partial charge in [0.05, 0.1) is 12.1 Å². The number of benzene rings is 1. The van der Waals surface area contributed by atoms with E-state index >= 15 is 0 Å². The van der Waals surface area contributed by atoms with Crippen molar-refractivity contribution in [3.8, 4) is 34.2 Å². The minimum absolute atomic E-state index is 0.182. The number of fused-ring (bicyclic) bond motifs is 1. The largest absolute Gasteiger partial charge is 0.508 e. The Balaban J connectivity index is 1.97. The smallest absolute Gasteiger partial charge is 0.205 e. The Kier molecular flexibility index (Phi) is 4.03. The van der Waals surface area contributed by atoms with Crippen LogP contribution in [0, 0.1) is 31.8 Å². The van der Waals surface area contributed by atoms with Gasteiger partial charge in [-0.3, -0.25) is 4.98 Å². The second-order valence-electron chi connectivity index (χ2n) is 6.55. The summed E-state index contributed by atoms with van der Waals surface area (Å²) in [5.41, 5.74) is 6.15. The molecule has 2 N–H and O–H groups in total. The lowest BCUT2D eigenvalue weighted by Gasteiger charge is -2.13. The molecule has 0 amide bonds. The lowest BCUT2D eigenvalue weighted by Crippen LogP contribution is -1.94. The molecule has 0 radical (unpaired) electrons. The summed E-state index contributed by atoms with van der Waals surface area (Å²) in [5, 5.41) is 20.7. The van der Waals surface area contributed by atoms with Gasteiger partial charge in [-0.1, -0.05) is 6.07 Å². The molecule has 0 aliphatic heterocycles. The Morgan fingerprint density at radius 1 is 1.18 bits per heavy atom. The Morgan fingerprint density at radius 3 is 2.75 bits per heavy atom. The van der Waals surface area contributed by atoms with E-state index in [2.05, 4.69) is 25.9 Å². The van der Waals surface area contributed by atoms with E-state index in [0.717, 1.165) is 22.4 Å². The zero-order valence-electron chi connectivity index (χ0n) is 15.3. The first-order valence-electron chi connectivity index (χ1n) is 8.57. The van der Waals surface area contributed by atoms with Gasteiger partial charge in [0.25, 0.3) is 0 Å². The van der Waals surface area contributed by atoms with Crippen molar-refractivity contribution in [3.63, 3.8) is 0 Å².